The number of furan rings is 1. The van der Waals surface area contributed by atoms with E-state index in [0.717, 1.165) is 43.5 Å². The fourth-order valence-corrected chi connectivity index (χ4v) is 13.9. The molecule has 0 unspecified atom stereocenters. The van der Waals surface area contributed by atoms with Gasteiger partial charge < -0.3 is 9.32 Å². The largest absolute Gasteiger partial charge is 0.456 e. The van der Waals surface area contributed by atoms with E-state index in [1.165, 1.54) is 88.3 Å². The number of fused-ring (bicyclic) bond motifs is 13. The Kier molecular flexibility index (Phi) is 11.2. The number of para-hydroxylation sites is 2. The molecule has 0 N–H and O–H groups in total. The summed E-state index contributed by atoms with van der Waals surface area (Å²) in [7, 11) is 0. The van der Waals surface area contributed by atoms with Gasteiger partial charge in [-0.2, -0.15) is 0 Å². The molecule has 0 bridgehead atoms. The van der Waals surface area contributed by atoms with Gasteiger partial charge in [-0.1, -0.05) is 265 Å². The van der Waals surface area contributed by atoms with Crippen molar-refractivity contribution in [2.45, 2.75) is 10.8 Å². The molecule has 0 fully saturated rings. The molecule has 79 heavy (non-hydrogen) atoms. The molecule has 0 aliphatic heterocycles. The molecule has 1 heterocycles. The molecule has 13 aromatic carbocycles. The molecule has 2 nitrogen and oxygen atoms in total. The standard InChI is InChI=1S/C47H31NO.C29H19Br/c1-4-16-33(17-5-1)47(34-18-6-2-7-19-34)40-30-28-36(31-39(40)45-37-22-11-10-15-32(37)27-29-41(45)47)48(35-20-8-3-9-21-35)42-24-14-26-44-46(42)38-23-12-13-25-43(38)49-44;30-23-16-18-26-25(19-23)28-24-14-8-7-9-20(24)15-17-27(28)29(26,21-10-3-1-4-11-21)22-12-5-2-6-13-22/h1-31H;1-19H. The average molecular weight is 1070 g/mol. The number of halogens is 1. The average Bonchev–Trinajstić information content (AvgIpc) is 4.31. The SMILES string of the molecule is Brc1ccc2c(c1)-c1c(ccc3ccccc13)C2(c1ccccc1)c1ccccc1.c1ccc(N(c2ccc3c(c2)-c2c(ccc4ccccc24)C3(c2ccccc2)c2ccccc2)c2cccc3oc4ccccc4c23)cc1. The van der Waals surface area contributed by atoms with E-state index in [1.54, 1.807) is 0 Å². The van der Waals surface area contributed by atoms with Crippen molar-refractivity contribution in [2.75, 3.05) is 4.90 Å². The third-order valence-electron chi connectivity index (χ3n) is 16.7. The summed E-state index contributed by atoms with van der Waals surface area (Å²) in [5.41, 5.74) is 19.9. The van der Waals surface area contributed by atoms with Crippen molar-refractivity contribution in [2.24, 2.45) is 0 Å². The summed E-state index contributed by atoms with van der Waals surface area (Å²) in [6.07, 6.45) is 0. The van der Waals surface area contributed by atoms with E-state index >= 15 is 0 Å². The molecule has 1 aromatic heterocycles. The zero-order valence-electron chi connectivity index (χ0n) is 43.1. The first-order chi connectivity index (χ1) is 39.1. The highest BCUT2D eigenvalue weighted by Gasteiger charge is 2.48. The number of rotatable bonds is 7. The van der Waals surface area contributed by atoms with Gasteiger partial charge in [-0.3, -0.25) is 0 Å². The molecule has 2 aliphatic rings. The van der Waals surface area contributed by atoms with E-state index in [4.69, 9.17) is 4.42 Å². The summed E-state index contributed by atoms with van der Waals surface area (Å²) >= 11 is 3.73. The number of nitrogens with zero attached hydrogens (tertiary/aromatic N) is 1. The Balaban J connectivity index is 0.000000154. The Morgan fingerprint density at radius 1 is 0.304 bits per heavy atom. The minimum Gasteiger partial charge on any atom is -0.456 e. The zero-order valence-corrected chi connectivity index (χ0v) is 44.7. The molecule has 14 aromatic rings. The van der Waals surface area contributed by atoms with E-state index in [-0.39, 0.29) is 5.41 Å². The van der Waals surface area contributed by atoms with Gasteiger partial charge in [0.2, 0.25) is 0 Å². The Hall–Kier alpha value is -9.54. The van der Waals surface area contributed by atoms with Crippen molar-refractivity contribution >= 4 is 76.5 Å². The van der Waals surface area contributed by atoms with Crippen LogP contribution in [0.25, 0.3) is 65.7 Å². The summed E-state index contributed by atoms with van der Waals surface area (Å²) in [4.78, 5) is 2.39. The van der Waals surface area contributed by atoms with E-state index in [2.05, 4.69) is 318 Å². The minimum atomic E-state index is -0.478. The topological polar surface area (TPSA) is 16.4 Å². The highest BCUT2D eigenvalue weighted by Crippen LogP contribution is 2.60. The Bertz CT molecular complexity index is 4530. The molecular formula is C76H50BrNO. The van der Waals surface area contributed by atoms with Crippen LogP contribution in [-0.4, -0.2) is 0 Å². The van der Waals surface area contributed by atoms with Gasteiger partial charge in [0.15, 0.2) is 0 Å². The number of anilines is 3. The first kappa shape index (κ1) is 46.7. The highest BCUT2D eigenvalue weighted by atomic mass is 79.9. The Labute approximate surface area is 468 Å². The van der Waals surface area contributed by atoms with Crippen LogP contribution in [0.5, 0.6) is 0 Å². The molecule has 0 spiro atoms. The maximum absolute atomic E-state index is 6.38. The van der Waals surface area contributed by atoms with Crippen LogP contribution in [0.2, 0.25) is 0 Å². The van der Waals surface area contributed by atoms with Gasteiger partial charge >= 0.3 is 0 Å². The van der Waals surface area contributed by atoms with Crippen molar-refractivity contribution in [3.63, 3.8) is 0 Å². The second-order valence-corrected chi connectivity index (χ2v) is 21.6. The lowest BCUT2D eigenvalue weighted by atomic mass is 9.67. The second kappa shape index (κ2) is 18.9. The molecular weight excluding hydrogens is 1020 g/mol. The summed E-state index contributed by atoms with van der Waals surface area (Å²) in [5, 5.41) is 7.31. The lowest BCUT2D eigenvalue weighted by Crippen LogP contribution is -2.28. The minimum absolute atomic E-state index is 0.335. The molecule has 0 saturated carbocycles. The zero-order chi connectivity index (χ0) is 52.5. The number of hydrogen-bond acceptors (Lipinski definition) is 2. The molecule has 0 amide bonds. The number of benzene rings is 13. The van der Waals surface area contributed by atoms with Crippen molar-refractivity contribution < 1.29 is 4.42 Å². The van der Waals surface area contributed by atoms with Crippen molar-refractivity contribution in [3.8, 4) is 22.3 Å². The van der Waals surface area contributed by atoms with Crippen LogP contribution >= 0.6 is 15.9 Å². The maximum atomic E-state index is 6.38. The first-order valence-electron chi connectivity index (χ1n) is 27.1. The predicted molar refractivity (Wildman–Crippen MR) is 332 cm³/mol. The number of hydrogen-bond donors (Lipinski definition) is 0. The summed E-state index contributed by atoms with van der Waals surface area (Å²) in [5.74, 6) is 0. The third kappa shape index (κ3) is 7.16. The van der Waals surface area contributed by atoms with Gasteiger partial charge in [0.25, 0.3) is 0 Å². The van der Waals surface area contributed by atoms with Gasteiger partial charge in [0, 0.05) is 21.2 Å². The third-order valence-corrected chi connectivity index (χ3v) is 17.2. The van der Waals surface area contributed by atoms with Crippen LogP contribution in [0, 0.1) is 0 Å². The van der Waals surface area contributed by atoms with Crippen molar-refractivity contribution in [3.05, 3.63) is 352 Å². The van der Waals surface area contributed by atoms with E-state index in [9.17, 15) is 0 Å². The molecule has 0 saturated heterocycles. The van der Waals surface area contributed by atoms with Gasteiger partial charge in [-0.25, -0.2) is 0 Å². The van der Waals surface area contributed by atoms with Crippen LogP contribution in [0.4, 0.5) is 17.1 Å². The smallest absolute Gasteiger partial charge is 0.137 e. The van der Waals surface area contributed by atoms with E-state index in [1.807, 2.05) is 6.07 Å². The maximum Gasteiger partial charge on any atom is 0.137 e. The van der Waals surface area contributed by atoms with Gasteiger partial charge in [-0.15, -0.1) is 0 Å². The lowest BCUT2D eigenvalue weighted by molar-refractivity contribution is 0.669. The summed E-state index contributed by atoms with van der Waals surface area (Å²) in [6.45, 7) is 0. The van der Waals surface area contributed by atoms with Crippen LogP contribution in [0.15, 0.2) is 312 Å². The van der Waals surface area contributed by atoms with Gasteiger partial charge in [0.05, 0.1) is 21.9 Å². The van der Waals surface area contributed by atoms with E-state index < -0.39 is 5.41 Å². The Morgan fingerprint density at radius 3 is 1.25 bits per heavy atom. The normalized spacial score (nSPS) is 13.3. The van der Waals surface area contributed by atoms with E-state index in [0.29, 0.717) is 0 Å². The predicted octanol–water partition coefficient (Wildman–Crippen LogP) is 20.5. The van der Waals surface area contributed by atoms with Crippen LogP contribution in [0.1, 0.15) is 44.5 Å². The molecule has 2 aliphatic carbocycles. The van der Waals surface area contributed by atoms with Crippen molar-refractivity contribution in [1.29, 1.82) is 0 Å². The molecule has 372 valence electrons. The van der Waals surface area contributed by atoms with Crippen LogP contribution in [0.3, 0.4) is 0 Å². The van der Waals surface area contributed by atoms with Gasteiger partial charge in [-0.05, 0) is 143 Å². The molecule has 16 rings (SSSR count). The first-order valence-corrected chi connectivity index (χ1v) is 27.9. The van der Waals surface area contributed by atoms with Crippen molar-refractivity contribution in [1.82, 2.24) is 0 Å². The summed E-state index contributed by atoms with van der Waals surface area (Å²) < 4.78 is 7.49. The molecule has 3 heteroatoms. The Morgan fingerprint density at radius 2 is 0.722 bits per heavy atom. The summed E-state index contributed by atoms with van der Waals surface area (Å²) in [6, 6.07) is 110. The van der Waals surface area contributed by atoms with Gasteiger partial charge in [0.1, 0.15) is 11.2 Å². The quantitative estimate of drug-likeness (QED) is 0.158. The van der Waals surface area contributed by atoms with Crippen LogP contribution < -0.4 is 4.90 Å². The fraction of sp³-hybridized carbons (Fsp3) is 0.0263. The monoisotopic (exact) mass is 1070 g/mol. The van der Waals surface area contributed by atoms with Crippen LogP contribution in [-0.2, 0) is 10.8 Å². The highest BCUT2D eigenvalue weighted by molar-refractivity contribution is 9.10. The fourth-order valence-electron chi connectivity index (χ4n) is 13.6. The lowest BCUT2D eigenvalue weighted by Gasteiger charge is -2.34. The molecule has 0 radical (unpaired) electrons. The second-order valence-electron chi connectivity index (χ2n) is 20.7. The molecule has 0 atom stereocenters.